The number of rotatable bonds is 1. The van der Waals surface area contributed by atoms with Gasteiger partial charge in [-0.2, -0.15) is 0 Å². The normalized spacial score (nSPS) is 10.1. The van der Waals surface area contributed by atoms with Crippen molar-refractivity contribution in [1.82, 2.24) is 0 Å². The summed E-state index contributed by atoms with van der Waals surface area (Å²) in [7, 11) is 0. The fraction of sp³-hybridized carbons (Fsp3) is 0. The predicted octanol–water partition coefficient (Wildman–Crippen LogP) is 2.51. The Labute approximate surface area is 86.3 Å². The van der Waals surface area contributed by atoms with Crippen molar-refractivity contribution in [2.75, 3.05) is 11.1 Å². The van der Waals surface area contributed by atoms with Gasteiger partial charge in [-0.15, -0.1) is 0 Å². The van der Waals surface area contributed by atoms with Crippen molar-refractivity contribution in [1.29, 1.82) is 0 Å². The lowest BCUT2D eigenvalue weighted by Crippen LogP contribution is -2.07. The molecule has 0 saturated heterocycles. The molecular weight excluding hydrogens is 192 g/mol. The first-order chi connectivity index (χ1) is 7.18. The lowest BCUT2D eigenvalue weighted by Gasteiger charge is -2.07. The van der Waals surface area contributed by atoms with Gasteiger partial charge in [-0.1, -0.05) is 24.3 Å². The van der Waals surface area contributed by atoms with Gasteiger partial charge in [-0.05, 0) is 12.1 Å². The van der Waals surface area contributed by atoms with Gasteiger partial charge in [0, 0.05) is 16.5 Å². The number of anilines is 2. The number of hydrogen-bond acceptors (Lipinski definition) is 2. The predicted molar refractivity (Wildman–Crippen MR) is 60.0 cm³/mol. The highest BCUT2D eigenvalue weighted by molar-refractivity contribution is 6.04. The van der Waals surface area contributed by atoms with Gasteiger partial charge in [0.15, 0.2) is 0 Å². The van der Waals surface area contributed by atoms with Crippen LogP contribution in [0.25, 0.3) is 10.8 Å². The number of amides is 1. The van der Waals surface area contributed by atoms with Crippen LogP contribution in [-0.4, -0.2) is 11.2 Å². The average molecular weight is 202 g/mol. The van der Waals surface area contributed by atoms with E-state index in [0.29, 0.717) is 11.4 Å². The van der Waals surface area contributed by atoms with Crippen LogP contribution in [0.1, 0.15) is 0 Å². The summed E-state index contributed by atoms with van der Waals surface area (Å²) < 4.78 is 0. The molecule has 0 aliphatic heterocycles. The summed E-state index contributed by atoms with van der Waals surface area (Å²) in [6.45, 7) is 0. The highest BCUT2D eigenvalue weighted by Gasteiger charge is 2.04. The van der Waals surface area contributed by atoms with E-state index in [4.69, 9.17) is 10.8 Å². The molecule has 0 aliphatic rings. The molecule has 4 N–H and O–H groups in total. The van der Waals surface area contributed by atoms with E-state index in [1.54, 1.807) is 24.3 Å². The fourth-order valence-corrected chi connectivity index (χ4v) is 1.56. The molecule has 0 unspecified atom stereocenters. The van der Waals surface area contributed by atoms with Crippen molar-refractivity contribution in [2.24, 2.45) is 0 Å². The average Bonchev–Trinajstić information content (AvgIpc) is 2.19. The summed E-state index contributed by atoms with van der Waals surface area (Å²) in [5.41, 5.74) is 6.97. The third-order valence-electron chi connectivity index (χ3n) is 2.20. The Hall–Kier alpha value is -2.23. The Morgan fingerprint density at radius 3 is 2.53 bits per heavy atom. The minimum Gasteiger partial charge on any atom is -0.465 e. The van der Waals surface area contributed by atoms with Crippen molar-refractivity contribution in [3.63, 3.8) is 0 Å². The van der Waals surface area contributed by atoms with E-state index >= 15 is 0 Å². The van der Waals surface area contributed by atoms with Gasteiger partial charge in [-0.25, -0.2) is 4.79 Å². The molecule has 1 amide bonds. The molecule has 0 fully saturated rings. The van der Waals surface area contributed by atoms with Gasteiger partial charge < -0.3 is 10.8 Å². The van der Waals surface area contributed by atoms with E-state index in [9.17, 15) is 4.79 Å². The number of nitrogen functional groups attached to an aromatic ring is 1. The Morgan fingerprint density at radius 2 is 1.80 bits per heavy atom. The van der Waals surface area contributed by atoms with Crippen LogP contribution in [0.4, 0.5) is 16.2 Å². The maximum atomic E-state index is 10.6. The number of carboxylic acid groups (broad SMARTS) is 1. The molecule has 0 aliphatic carbocycles. The zero-order valence-corrected chi connectivity index (χ0v) is 7.90. The molecule has 0 spiro atoms. The van der Waals surface area contributed by atoms with E-state index in [-0.39, 0.29) is 0 Å². The molecule has 0 bridgehead atoms. The van der Waals surface area contributed by atoms with E-state index in [2.05, 4.69) is 5.32 Å². The molecule has 76 valence electrons. The molecule has 4 heteroatoms. The number of nitrogens with two attached hydrogens (primary N) is 1. The summed E-state index contributed by atoms with van der Waals surface area (Å²) in [6, 6.07) is 10.7. The Bertz CT molecular complexity index is 523. The van der Waals surface area contributed by atoms with Gasteiger partial charge >= 0.3 is 6.09 Å². The van der Waals surface area contributed by atoms with Crippen LogP contribution in [0, 0.1) is 0 Å². The first kappa shape index (κ1) is 9.33. The van der Waals surface area contributed by atoms with Crippen LogP contribution in [0.15, 0.2) is 36.4 Å². The highest BCUT2D eigenvalue weighted by atomic mass is 16.4. The molecule has 0 aromatic heterocycles. The maximum Gasteiger partial charge on any atom is 0.409 e. The third kappa shape index (κ3) is 1.69. The minimum atomic E-state index is -1.08. The molecular formula is C11H10N2O2. The van der Waals surface area contributed by atoms with Crippen LogP contribution < -0.4 is 11.1 Å². The molecule has 2 aromatic rings. The number of fused-ring (bicyclic) bond motifs is 1. The molecule has 2 aromatic carbocycles. The number of nitrogens with one attached hydrogen (secondary N) is 1. The number of benzene rings is 2. The molecule has 2 rings (SSSR count). The summed E-state index contributed by atoms with van der Waals surface area (Å²) in [5, 5.41) is 12.6. The lowest BCUT2D eigenvalue weighted by molar-refractivity contribution is 0.210. The second-order valence-electron chi connectivity index (χ2n) is 3.18. The molecule has 15 heavy (non-hydrogen) atoms. The number of carbonyl (C=O) groups is 1. The van der Waals surface area contributed by atoms with E-state index in [0.717, 1.165) is 10.8 Å². The van der Waals surface area contributed by atoms with Gasteiger partial charge in [0.1, 0.15) is 0 Å². The van der Waals surface area contributed by atoms with Crippen LogP contribution in [0.3, 0.4) is 0 Å². The summed E-state index contributed by atoms with van der Waals surface area (Å²) in [6.07, 6.45) is -1.08. The summed E-state index contributed by atoms with van der Waals surface area (Å²) >= 11 is 0. The van der Waals surface area contributed by atoms with Crippen LogP contribution in [-0.2, 0) is 0 Å². The molecule has 0 heterocycles. The summed E-state index contributed by atoms with van der Waals surface area (Å²) in [4.78, 5) is 10.6. The Morgan fingerprint density at radius 1 is 1.13 bits per heavy atom. The second-order valence-corrected chi connectivity index (χ2v) is 3.18. The first-order valence-electron chi connectivity index (χ1n) is 4.45. The van der Waals surface area contributed by atoms with Crippen molar-refractivity contribution < 1.29 is 9.90 Å². The maximum absolute atomic E-state index is 10.6. The van der Waals surface area contributed by atoms with Crippen molar-refractivity contribution in [3.05, 3.63) is 36.4 Å². The zero-order valence-electron chi connectivity index (χ0n) is 7.90. The zero-order chi connectivity index (χ0) is 10.8. The second kappa shape index (κ2) is 3.49. The van der Waals surface area contributed by atoms with E-state index < -0.39 is 6.09 Å². The summed E-state index contributed by atoms with van der Waals surface area (Å²) in [5.74, 6) is 0. The smallest absolute Gasteiger partial charge is 0.409 e. The number of hydrogen-bond donors (Lipinski definition) is 3. The topological polar surface area (TPSA) is 75.3 Å². The standard InChI is InChI=1S/C11H10N2O2/c12-9-5-1-4-8-7(9)3-2-6-10(8)13-11(14)15/h1-6,13H,12H2,(H,14,15). The van der Waals surface area contributed by atoms with Crippen molar-refractivity contribution in [2.45, 2.75) is 0 Å². The van der Waals surface area contributed by atoms with Gasteiger partial charge in [-0.3, -0.25) is 5.32 Å². The third-order valence-corrected chi connectivity index (χ3v) is 2.20. The van der Waals surface area contributed by atoms with E-state index in [1.807, 2.05) is 12.1 Å². The Kier molecular flexibility index (Phi) is 2.17. The highest BCUT2D eigenvalue weighted by Crippen LogP contribution is 2.27. The molecule has 0 atom stereocenters. The van der Waals surface area contributed by atoms with E-state index in [1.165, 1.54) is 0 Å². The lowest BCUT2D eigenvalue weighted by atomic mass is 10.1. The molecule has 0 saturated carbocycles. The quantitative estimate of drug-likeness (QED) is 0.622. The van der Waals surface area contributed by atoms with Gasteiger partial charge in [0.2, 0.25) is 0 Å². The van der Waals surface area contributed by atoms with Crippen LogP contribution in [0.5, 0.6) is 0 Å². The fourth-order valence-electron chi connectivity index (χ4n) is 1.56. The Balaban J connectivity index is 2.65. The van der Waals surface area contributed by atoms with Crippen LogP contribution in [0.2, 0.25) is 0 Å². The van der Waals surface area contributed by atoms with Gasteiger partial charge in [0.05, 0.1) is 5.69 Å². The van der Waals surface area contributed by atoms with Crippen LogP contribution >= 0.6 is 0 Å². The first-order valence-corrected chi connectivity index (χ1v) is 4.45. The largest absolute Gasteiger partial charge is 0.465 e. The monoisotopic (exact) mass is 202 g/mol. The molecule has 4 nitrogen and oxygen atoms in total. The molecule has 0 radical (unpaired) electrons. The van der Waals surface area contributed by atoms with Gasteiger partial charge in [0.25, 0.3) is 0 Å². The van der Waals surface area contributed by atoms with Crippen molar-refractivity contribution >= 4 is 28.2 Å². The minimum absolute atomic E-state index is 0.548. The SMILES string of the molecule is Nc1cccc2c(NC(=O)O)cccc12. The van der Waals surface area contributed by atoms with Crippen molar-refractivity contribution in [3.8, 4) is 0 Å².